The van der Waals surface area contributed by atoms with E-state index in [1.807, 2.05) is 6.07 Å². The van der Waals surface area contributed by atoms with Crippen molar-refractivity contribution in [3.63, 3.8) is 0 Å². The molecule has 0 atom stereocenters. The lowest BCUT2D eigenvalue weighted by Gasteiger charge is -2.11. The smallest absolute Gasteiger partial charge is 0.262 e. The van der Waals surface area contributed by atoms with Crippen LogP contribution >= 0.6 is 15.9 Å². The highest BCUT2D eigenvalue weighted by Crippen LogP contribution is 2.23. The first-order chi connectivity index (χ1) is 10.1. The topological polar surface area (TPSA) is 58.6 Å². The minimum absolute atomic E-state index is 0.109. The fourth-order valence-electron chi connectivity index (χ4n) is 1.73. The van der Waals surface area contributed by atoms with E-state index in [-0.39, 0.29) is 19.0 Å². The maximum absolute atomic E-state index is 13.6. The number of anilines is 1. The second-order valence-corrected chi connectivity index (χ2v) is 5.06. The Balaban J connectivity index is 2.01. The van der Waals surface area contributed by atoms with Crippen LogP contribution in [0.5, 0.6) is 5.75 Å². The number of aliphatic hydroxyl groups is 1. The molecule has 21 heavy (non-hydrogen) atoms. The van der Waals surface area contributed by atoms with Gasteiger partial charge in [0.2, 0.25) is 0 Å². The summed E-state index contributed by atoms with van der Waals surface area (Å²) in [7, 11) is 0. The largest absolute Gasteiger partial charge is 0.480 e. The van der Waals surface area contributed by atoms with E-state index in [0.717, 1.165) is 4.47 Å². The monoisotopic (exact) mass is 353 g/mol. The molecule has 0 saturated carbocycles. The molecule has 0 fully saturated rings. The molecule has 2 rings (SSSR count). The molecule has 0 saturated heterocycles. The van der Waals surface area contributed by atoms with Gasteiger partial charge in [0.15, 0.2) is 18.2 Å². The Morgan fingerprint density at radius 3 is 2.71 bits per heavy atom. The zero-order chi connectivity index (χ0) is 15.2. The fraction of sp³-hybridized carbons (Fsp3) is 0.133. The van der Waals surface area contributed by atoms with E-state index < -0.39 is 11.7 Å². The maximum Gasteiger partial charge on any atom is 0.262 e. The number of ether oxygens (including phenoxy) is 1. The normalized spacial score (nSPS) is 10.2. The molecule has 2 aromatic carbocycles. The Morgan fingerprint density at radius 1 is 1.24 bits per heavy atom. The molecule has 0 aromatic heterocycles. The van der Waals surface area contributed by atoms with Gasteiger partial charge in [0.25, 0.3) is 5.91 Å². The third-order valence-corrected chi connectivity index (χ3v) is 3.41. The van der Waals surface area contributed by atoms with Crippen molar-refractivity contribution in [2.45, 2.75) is 6.61 Å². The van der Waals surface area contributed by atoms with Crippen molar-refractivity contribution in [2.24, 2.45) is 0 Å². The molecular formula is C15H13BrFNO3. The van der Waals surface area contributed by atoms with Gasteiger partial charge in [-0.25, -0.2) is 4.39 Å². The number of amides is 1. The van der Waals surface area contributed by atoms with Gasteiger partial charge in [0, 0.05) is 10.0 Å². The Bertz CT molecular complexity index is 649. The van der Waals surface area contributed by atoms with Crippen molar-refractivity contribution < 1.29 is 19.0 Å². The molecule has 0 radical (unpaired) electrons. The van der Waals surface area contributed by atoms with E-state index in [0.29, 0.717) is 11.3 Å². The number of carbonyl (C=O) groups excluding carboxylic acids is 1. The molecule has 2 N–H and O–H groups in total. The number of rotatable bonds is 5. The molecule has 0 heterocycles. The molecule has 0 aliphatic rings. The summed E-state index contributed by atoms with van der Waals surface area (Å²) in [6, 6.07) is 11.3. The lowest BCUT2D eigenvalue weighted by atomic mass is 10.2. The third kappa shape index (κ3) is 4.03. The first kappa shape index (κ1) is 15.5. The molecule has 0 bridgehead atoms. The quantitative estimate of drug-likeness (QED) is 0.868. The van der Waals surface area contributed by atoms with E-state index in [1.165, 1.54) is 18.2 Å². The molecule has 6 heteroatoms. The summed E-state index contributed by atoms with van der Waals surface area (Å²) in [4.78, 5) is 11.8. The number of hydrogen-bond donors (Lipinski definition) is 2. The van der Waals surface area contributed by atoms with Crippen LogP contribution in [0.25, 0.3) is 0 Å². The number of aliphatic hydroxyl groups excluding tert-OH is 1. The summed E-state index contributed by atoms with van der Waals surface area (Å²) in [5.41, 5.74) is 0.894. The third-order valence-electron chi connectivity index (χ3n) is 2.71. The Morgan fingerprint density at radius 2 is 2.00 bits per heavy atom. The predicted molar refractivity (Wildman–Crippen MR) is 80.6 cm³/mol. The minimum atomic E-state index is -0.616. The lowest BCUT2D eigenvalue weighted by molar-refractivity contribution is -0.118. The summed E-state index contributed by atoms with van der Waals surface area (Å²) >= 11 is 3.31. The maximum atomic E-state index is 13.6. The van der Waals surface area contributed by atoms with Crippen LogP contribution in [-0.4, -0.2) is 17.6 Å². The molecule has 0 aliphatic carbocycles. The Labute approximate surface area is 129 Å². The first-order valence-corrected chi connectivity index (χ1v) is 6.96. The number of para-hydroxylation sites is 2. The zero-order valence-corrected chi connectivity index (χ0v) is 12.6. The van der Waals surface area contributed by atoms with Crippen molar-refractivity contribution in [1.29, 1.82) is 0 Å². The minimum Gasteiger partial charge on any atom is -0.480 e. The van der Waals surface area contributed by atoms with Gasteiger partial charge >= 0.3 is 0 Å². The van der Waals surface area contributed by atoms with Gasteiger partial charge < -0.3 is 15.2 Å². The van der Waals surface area contributed by atoms with E-state index in [2.05, 4.69) is 21.2 Å². The molecule has 2 aromatic rings. The van der Waals surface area contributed by atoms with Crippen molar-refractivity contribution in [1.82, 2.24) is 0 Å². The summed E-state index contributed by atoms with van der Waals surface area (Å²) in [6.45, 7) is -0.714. The van der Waals surface area contributed by atoms with Crippen LogP contribution in [0.15, 0.2) is 46.9 Å². The van der Waals surface area contributed by atoms with Crippen molar-refractivity contribution in [3.05, 3.63) is 58.3 Å². The van der Waals surface area contributed by atoms with Crippen LogP contribution in [0.4, 0.5) is 10.1 Å². The SMILES string of the molecule is O=C(COc1c(F)cccc1CO)Nc1ccccc1Br. The van der Waals surface area contributed by atoms with Crippen molar-refractivity contribution in [3.8, 4) is 5.75 Å². The van der Waals surface area contributed by atoms with E-state index >= 15 is 0 Å². The van der Waals surface area contributed by atoms with E-state index in [4.69, 9.17) is 9.84 Å². The van der Waals surface area contributed by atoms with Gasteiger partial charge in [-0.3, -0.25) is 4.79 Å². The second kappa shape index (κ2) is 7.19. The summed E-state index contributed by atoms with van der Waals surface area (Å²) in [5.74, 6) is -1.15. The van der Waals surface area contributed by atoms with Crippen molar-refractivity contribution in [2.75, 3.05) is 11.9 Å². The number of halogens is 2. The van der Waals surface area contributed by atoms with Gasteiger partial charge in [-0.15, -0.1) is 0 Å². The lowest BCUT2D eigenvalue weighted by Crippen LogP contribution is -2.21. The zero-order valence-electron chi connectivity index (χ0n) is 11.0. The fourth-order valence-corrected chi connectivity index (χ4v) is 2.11. The average Bonchev–Trinajstić information content (AvgIpc) is 2.48. The molecule has 110 valence electrons. The molecular weight excluding hydrogens is 341 g/mol. The van der Waals surface area contributed by atoms with Crippen LogP contribution in [0.3, 0.4) is 0 Å². The number of nitrogens with one attached hydrogen (secondary N) is 1. The summed E-state index contributed by atoms with van der Waals surface area (Å²) < 4.78 is 19.5. The molecule has 1 amide bonds. The highest BCUT2D eigenvalue weighted by atomic mass is 79.9. The molecule has 0 aliphatic heterocycles. The van der Waals surface area contributed by atoms with E-state index in [9.17, 15) is 9.18 Å². The summed E-state index contributed by atoms with van der Waals surface area (Å²) in [5, 5.41) is 11.8. The second-order valence-electron chi connectivity index (χ2n) is 4.20. The van der Waals surface area contributed by atoms with Gasteiger partial charge in [-0.05, 0) is 34.1 Å². The summed E-state index contributed by atoms with van der Waals surface area (Å²) in [6.07, 6.45) is 0. The van der Waals surface area contributed by atoms with E-state index in [1.54, 1.807) is 18.2 Å². The molecule has 0 unspecified atom stereocenters. The highest BCUT2D eigenvalue weighted by Gasteiger charge is 2.12. The van der Waals surface area contributed by atoms with Gasteiger partial charge in [-0.2, -0.15) is 0 Å². The predicted octanol–water partition coefficient (Wildman–Crippen LogP) is 3.10. The number of benzene rings is 2. The standard InChI is InChI=1S/C15H13BrFNO3/c16-11-5-1-2-7-13(11)18-14(20)9-21-15-10(8-19)4-3-6-12(15)17/h1-7,19H,8-9H2,(H,18,20). The first-order valence-electron chi connectivity index (χ1n) is 6.17. The van der Waals surface area contributed by atoms with Crippen LogP contribution in [-0.2, 0) is 11.4 Å². The van der Waals surface area contributed by atoms with Gasteiger partial charge in [0.05, 0.1) is 12.3 Å². The van der Waals surface area contributed by atoms with Crippen LogP contribution in [0.1, 0.15) is 5.56 Å². The van der Waals surface area contributed by atoms with Crippen LogP contribution in [0, 0.1) is 5.82 Å². The highest BCUT2D eigenvalue weighted by molar-refractivity contribution is 9.10. The molecule has 0 spiro atoms. The van der Waals surface area contributed by atoms with Gasteiger partial charge in [0.1, 0.15) is 0 Å². The number of hydrogen-bond acceptors (Lipinski definition) is 3. The van der Waals surface area contributed by atoms with Gasteiger partial charge in [-0.1, -0.05) is 24.3 Å². The number of carbonyl (C=O) groups is 1. The van der Waals surface area contributed by atoms with Crippen LogP contribution in [0.2, 0.25) is 0 Å². The van der Waals surface area contributed by atoms with Crippen molar-refractivity contribution >= 4 is 27.5 Å². The average molecular weight is 354 g/mol. The Hall–Kier alpha value is -1.92. The Kier molecular flexibility index (Phi) is 5.30. The molecule has 4 nitrogen and oxygen atoms in total. The van der Waals surface area contributed by atoms with Crippen LogP contribution < -0.4 is 10.1 Å².